The van der Waals surface area contributed by atoms with Gasteiger partial charge in [0, 0.05) is 23.8 Å². The molecule has 0 unspecified atom stereocenters. The Labute approximate surface area is 128 Å². The molecule has 0 spiro atoms. The molecular formula is C15H19ClN2O3. The molecule has 1 heterocycles. The number of carbonyl (C=O) groups excluding carboxylic acids is 1. The molecule has 1 aliphatic rings. The van der Waals surface area contributed by atoms with Crippen LogP contribution in [0.3, 0.4) is 0 Å². The predicted molar refractivity (Wildman–Crippen MR) is 81.8 cm³/mol. The van der Waals surface area contributed by atoms with Crippen molar-refractivity contribution in [1.82, 2.24) is 0 Å². The van der Waals surface area contributed by atoms with E-state index in [4.69, 9.17) is 17.3 Å². The van der Waals surface area contributed by atoms with E-state index >= 15 is 0 Å². The number of hydrogen-bond donors (Lipinski definition) is 2. The van der Waals surface area contributed by atoms with Crippen LogP contribution in [0, 0.1) is 5.41 Å². The van der Waals surface area contributed by atoms with Crippen LogP contribution >= 0.6 is 11.6 Å². The van der Waals surface area contributed by atoms with Crippen molar-refractivity contribution >= 4 is 29.2 Å². The SMILES string of the molecule is CCC1(C(=O)O)CCN(c2ccc(Cl)cc2C(N)=O)CC1. The second-order valence-corrected chi connectivity index (χ2v) is 5.89. The first kappa shape index (κ1) is 15.6. The molecule has 6 heteroatoms. The number of carboxylic acid groups (broad SMARTS) is 1. The Balaban J connectivity index is 2.23. The van der Waals surface area contributed by atoms with Crippen molar-refractivity contribution in [3.05, 3.63) is 28.8 Å². The minimum atomic E-state index is -0.740. The van der Waals surface area contributed by atoms with E-state index in [1.165, 1.54) is 0 Å². The monoisotopic (exact) mass is 310 g/mol. The molecule has 1 aromatic carbocycles. The summed E-state index contributed by atoms with van der Waals surface area (Å²) in [5.41, 5.74) is 5.84. The fourth-order valence-corrected chi connectivity index (χ4v) is 3.05. The number of nitrogens with two attached hydrogens (primary N) is 1. The highest BCUT2D eigenvalue weighted by Gasteiger charge is 2.40. The summed E-state index contributed by atoms with van der Waals surface area (Å²) in [7, 11) is 0. The third-order valence-electron chi connectivity index (χ3n) is 4.42. The van der Waals surface area contributed by atoms with Gasteiger partial charge in [0.2, 0.25) is 0 Å². The van der Waals surface area contributed by atoms with Crippen molar-refractivity contribution in [2.75, 3.05) is 18.0 Å². The number of amides is 1. The van der Waals surface area contributed by atoms with Crippen LogP contribution in [0.1, 0.15) is 36.5 Å². The van der Waals surface area contributed by atoms with Gasteiger partial charge in [0.25, 0.3) is 5.91 Å². The summed E-state index contributed by atoms with van der Waals surface area (Å²) in [5.74, 6) is -1.27. The summed E-state index contributed by atoms with van der Waals surface area (Å²) in [6, 6.07) is 5.03. The summed E-state index contributed by atoms with van der Waals surface area (Å²) in [6.07, 6.45) is 1.72. The van der Waals surface area contributed by atoms with Crippen LogP contribution in [0.2, 0.25) is 5.02 Å². The highest BCUT2D eigenvalue weighted by molar-refractivity contribution is 6.31. The standard InChI is InChI=1S/C15H19ClN2O3/c1-2-15(14(20)21)5-7-18(8-6-15)12-4-3-10(16)9-11(12)13(17)19/h3-4,9H,2,5-8H2,1H3,(H2,17,19)(H,20,21). The van der Waals surface area contributed by atoms with Crippen LogP contribution in [0.5, 0.6) is 0 Å². The lowest BCUT2D eigenvalue weighted by atomic mass is 9.76. The Morgan fingerprint density at radius 3 is 2.48 bits per heavy atom. The van der Waals surface area contributed by atoms with Gasteiger partial charge in [-0.25, -0.2) is 0 Å². The number of hydrogen-bond acceptors (Lipinski definition) is 3. The molecule has 1 saturated heterocycles. The van der Waals surface area contributed by atoms with Gasteiger partial charge in [-0.1, -0.05) is 18.5 Å². The van der Waals surface area contributed by atoms with E-state index < -0.39 is 17.3 Å². The summed E-state index contributed by atoms with van der Waals surface area (Å²) >= 11 is 5.91. The van der Waals surface area contributed by atoms with E-state index in [0.29, 0.717) is 42.9 Å². The summed E-state index contributed by atoms with van der Waals surface area (Å²) in [4.78, 5) is 25.0. The topological polar surface area (TPSA) is 83.6 Å². The Kier molecular flexibility index (Phi) is 4.42. The lowest BCUT2D eigenvalue weighted by Gasteiger charge is -2.40. The number of anilines is 1. The van der Waals surface area contributed by atoms with Crippen LogP contribution in [-0.4, -0.2) is 30.1 Å². The Bertz CT molecular complexity index is 566. The molecule has 21 heavy (non-hydrogen) atoms. The second-order valence-electron chi connectivity index (χ2n) is 5.45. The smallest absolute Gasteiger partial charge is 0.309 e. The zero-order valence-corrected chi connectivity index (χ0v) is 12.7. The number of halogens is 1. The Morgan fingerprint density at radius 2 is 2.00 bits per heavy atom. The van der Waals surface area contributed by atoms with Crippen LogP contribution < -0.4 is 10.6 Å². The van der Waals surface area contributed by atoms with Crippen molar-refractivity contribution in [1.29, 1.82) is 0 Å². The van der Waals surface area contributed by atoms with Gasteiger partial charge < -0.3 is 15.7 Å². The summed E-state index contributed by atoms with van der Waals surface area (Å²) in [6.45, 7) is 3.07. The Hall–Kier alpha value is -1.75. The van der Waals surface area contributed by atoms with Crippen LogP contribution in [0.25, 0.3) is 0 Å². The molecule has 1 amide bonds. The fraction of sp³-hybridized carbons (Fsp3) is 0.467. The average molecular weight is 311 g/mol. The fourth-order valence-electron chi connectivity index (χ4n) is 2.88. The van der Waals surface area contributed by atoms with E-state index in [9.17, 15) is 14.7 Å². The molecule has 0 aliphatic carbocycles. The lowest BCUT2D eigenvalue weighted by Crippen LogP contribution is -2.44. The third-order valence-corrected chi connectivity index (χ3v) is 4.65. The maximum absolute atomic E-state index is 11.6. The van der Waals surface area contributed by atoms with Gasteiger partial charge in [0.15, 0.2) is 0 Å². The molecule has 0 bridgehead atoms. The van der Waals surface area contributed by atoms with Gasteiger partial charge in [-0.05, 0) is 37.5 Å². The second kappa shape index (κ2) is 5.93. The maximum Gasteiger partial charge on any atom is 0.309 e. The number of aliphatic carboxylic acids is 1. The Morgan fingerprint density at radius 1 is 1.38 bits per heavy atom. The molecule has 0 aromatic heterocycles. The van der Waals surface area contributed by atoms with Gasteiger partial charge in [0.05, 0.1) is 11.0 Å². The van der Waals surface area contributed by atoms with E-state index in [1.54, 1.807) is 18.2 Å². The van der Waals surface area contributed by atoms with Gasteiger partial charge in [-0.2, -0.15) is 0 Å². The van der Waals surface area contributed by atoms with Gasteiger partial charge >= 0.3 is 5.97 Å². The van der Waals surface area contributed by atoms with Crippen LogP contribution in [-0.2, 0) is 4.79 Å². The van der Waals surface area contributed by atoms with Crippen molar-refractivity contribution in [2.45, 2.75) is 26.2 Å². The first-order valence-electron chi connectivity index (χ1n) is 6.97. The number of piperidine rings is 1. The van der Waals surface area contributed by atoms with Crippen LogP contribution in [0.4, 0.5) is 5.69 Å². The normalized spacial score (nSPS) is 17.5. The zero-order valence-electron chi connectivity index (χ0n) is 11.9. The quantitative estimate of drug-likeness (QED) is 0.895. The molecule has 2 rings (SSSR count). The molecular weight excluding hydrogens is 292 g/mol. The molecule has 0 saturated carbocycles. The van der Waals surface area contributed by atoms with Crippen molar-refractivity contribution in [3.8, 4) is 0 Å². The molecule has 0 atom stereocenters. The predicted octanol–water partition coefficient (Wildman–Crippen LogP) is 2.52. The molecule has 1 aromatic rings. The maximum atomic E-state index is 11.6. The number of benzene rings is 1. The van der Waals surface area contributed by atoms with E-state index in [0.717, 1.165) is 5.69 Å². The number of nitrogens with zero attached hydrogens (tertiary/aromatic N) is 1. The zero-order chi connectivity index (χ0) is 15.6. The average Bonchev–Trinajstić information content (AvgIpc) is 2.47. The number of carboxylic acids is 1. The largest absolute Gasteiger partial charge is 0.481 e. The minimum absolute atomic E-state index is 0.377. The summed E-state index contributed by atoms with van der Waals surface area (Å²) < 4.78 is 0. The number of carbonyl (C=O) groups is 2. The molecule has 1 fully saturated rings. The number of primary amides is 1. The first-order chi connectivity index (χ1) is 9.89. The van der Waals surface area contributed by atoms with Crippen molar-refractivity contribution < 1.29 is 14.7 Å². The summed E-state index contributed by atoms with van der Waals surface area (Å²) in [5, 5.41) is 9.87. The van der Waals surface area contributed by atoms with Gasteiger partial charge in [-0.15, -0.1) is 0 Å². The first-order valence-corrected chi connectivity index (χ1v) is 7.35. The van der Waals surface area contributed by atoms with E-state index in [2.05, 4.69) is 0 Å². The van der Waals surface area contributed by atoms with Gasteiger partial charge in [-0.3, -0.25) is 9.59 Å². The number of rotatable bonds is 4. The third kappa shape index (κ3) is 2.97. The highest BCUT2D eigenvalue weighted by atomic mass is 35.5. The van der Waals surface area contributed by atoms with E-state index in [1.807, 2.05) is 11.8 Å². The minimum Gasteiger partial charge on any atom is -0.481 e. The highest BCUT2D eigenvalue weighted by Crippen LogP contribution is 2.37. The van der Waals surface area contributed by atoms with Gasteiger partial charge in [0.1, 0.15) is 0 Å². The molecule has 114 valence electrons. The van der Waals surface area contributed by atoms with E-state index in [-0.39, 0.29) is 0 Å². The molecule has 1 aliphatic heterocycles. The van der Waals surface area contributed by atoms with Crippen molar-refractivity contribution in [2.24, 2.45) is 11.1 Å². The molecule has 5 nitrogen and oxygen atoms in total. The lowest BCUT2D eigenvalue weighted by molar-refractivity contribution is -0.150. The van der Waals surface area contributed by atoms with Crippen molar-refractivity contribution in [3.63, 3.8) is 0 Å². The molecule has 3 N–H and O–H groups in total. The van der Waals surface area contributed by atoms with Crippen LogP contribution in [0.15, 0.2) is 18.2 Å². The molecule has 0 radical (unpaired) electrons.